The molecule has 0 saturated heterocycles. The second-order valence-corrected chi connectivity index (χ2v) is 3.21. The van der Waals surface area contributed by atoms with Crippen LogP contribution in [0.2, 0.25) is 0 Å². The molecule has 0 aliphatic heterocycles. The van der Waals surface area contributed by atoms with Gasteiger partial charge in [0.1, 0.15) is 5.75 Å². The zero-order chi connectivity index (χ0) is 12.1. The quantitative estimate of drug-likeness (QED) is 0.780. The zero-order valence-electron chi connectivity index (χ0n) is 8.83. The second kappa shape index (κ2) is 5.06. The molecule has 0 spiro atoms. The van der Waals surface area contributed by atoms with E-state index >= 15 is 0 Å². The lowest BCUT2D eigenvalue weighted by molar-refractivity contribution is 0.0945. The number of carbonyl (C=O) groups is 1. The Kier molecular flexibility index (Phi) is 3.29. The Labute approximate surface area is 96.5 Å². The Morgan fingerprint density at radius 1 is 1.47 bits per heavy atom. The van der Waals surface area contributed by atoms with Gasteiger partial charge in [0.25, 0.3) is 5.91 Å². The van der Waals surface area contributed by atoms with E-state index in [0.717, 1.165) is 0 Å². The van der Waals surface area contributed by atoms with Crippen LogP contribution in [-0.4, -0.2) is 32.7 Å². The lowest BCUT2D eigenvalue weighted by Crippen LogP contribution is -2.26. The van der Waals surface area contributed by atoms with E-state index < -0.39 is 5.91 Å². The van der Waals surface area contributed by atoms with Crippen molar-refractivity contribution < 1.29 is 14.4 Å². The fourth-order valence-corrected chi connectivity index (χ4v) is 1.24. The first-order chi connectivity index (χ1) is 8.27. The third kappa shape index (κ3) is 2.77. The van der Waals surface area contributed by atoms with Crippen molar-refractivity contribution in [1.82, 2.24) is 20.4 Å². The number of nitrogens with zero attached hydrogens (tertiary/aromatic N) is 3. The molecule has 7 nitrogen and oxygen atoms in total. The summed E-state index contributed by atoms with van der Waals surface area (Å²) in [4.78, 5) is 19.2. The molecule has 0 atom stereocenters. The maximum atomic E-state index is 11.6. The van der Waals surface area contributed by atoms with Gasteiger partial charge in [-0.15, -0.1) is 0 Å². The van der Waals surface area contributed by atoms with E-state index in [-0.39, 0.29) is 11.4 Å². The standard InChI is InChI=1S/C10H10N4O3/c15-7-2-1-4-11-9(7)10(16)12-5-3-8-13-6-14-17-8/h1-2,4,6,15H,3,5H2,(H,12,16). The van der Waals surface area contributed by atoms with Crippen molar-refractivity contribution in [2.75, 3.05) is 6.54 Å². The van der Waals surface area contributed by atoms with Gasteiger partial charge >= 0.3 is 0 Å². The highest BCUT2D eigenvalue weighted by Crippen LogP contribution is 2.11. The van der Waals surface area contributed by atoms with Crippen LogP contribution in [0.25, 0.3) is 0 Å². The van der Waals surface area contributed by atoms with Gasteiger partial charge in [-0.3, -0.25) is 4.79 Å². The van der Waals surface area contributed by atoms with Crippen molar-refractivity contribution in [3.05, 3.63) is 36.2 Å². The molecule has 0 aliphatic rings. The highest BCUT2D eigenvalue weighted by molar-refractivity contribution is 5.94. The predicted molar refractivity (Wildman–Crippen MR) is 56.2 cm³/mol. The molecule has 88 valence electrons. The van der Waals surface area contributed by atoms with Crippen LogP contribution < -0.4 is 5.32 Å². The highest BCUT2D eigenvalue weighted by Gasteiger charge is 2.11. The molecule has 2 N–H and O–H groups in total. The summed E-state index contributed by atoms with van der Waals surface area (Å²) in [6, 6.07) is 2.95. The molecule has 1 amide bonds. The molecule has 0 unspecified atom stereocenters. The van der Waals surface area contributed by atoms with Crippen LogP contribution in [0.3, 0.4) is 0 Å². The summed E-state index contributed by atoms with van der Waals surface area (Å²) in [5.74, 6) is -0.152. The molecule has 0 radical (unpaired) electrons. The molecule has 0 aliphatic carbocycles. The molecule has 0 aromatic carbocycles. The predicted octanol–water partition coefficient (Wildman–Crippen LogP) is 0.143. The van der Waals surface area contributed by atoms with E-state index in [0.29, 0.717) is 18.9 Å². The molecule has 2 aromatic heterocycles. The molecule has 0 fully saturated rings. The molecule has 0 saturated carbocycles. The number of pyridine rings is 1. The second-order valence-electron chi connectivity index (χ2n) is 3.21. The minimum atomic E-state index is -0.442. The number of amides is 1. The summed E-state index contributed by atoms with van der Waals surface area (Å²) in [6.45, 7) is 0.330. The maximum absolute atomic E-state index is 11.6. The van der Waals surface area contributed by atoms with Crippen molar-refractivity contribution in [3.63, 3.8) is 0 Å². The van der Waals surface area contributed by atoms with Gasteiger partial charge in [0.2, 0.25) is 5.89 Å². The number of aromatic hydroxyl groups is 1. The average Bonchev–Trinajstić information content (AvgIpc) is 2.82. The highest BCUT2D eigenvalue weighted by atomic mass is 16.5. The Bertz CT molecular complexity index is 498. The summed E-state index contributed by atoms with van der Waals surface area (Å²) in [6.07, 6.45) is 3.16. The lowest BCUT2D eigenvalue weighted by atomic mass is 10.3. The molecular weight excluding hydrogens is 224 g/mol. The van der Waals surface area contributed by atoms with Gasteiger partial charge in [0, 0.05) is 19.2 Å². The maximum Gasteiger partial charge on any atom is 0.273 e. The fourth-order valence-electron chi connectivity index (χ4n) is 1.24. The summed E-state index contributed by atoms with van der Waals surface area (Å²) in [7, 11) is 0. The Hall–Kier alpha value is -2.44. The van der Waals surface area contributed by atoms with Crippen molar-refractivity contribution in [1.29, 1.82) is 0 Å². The molecule has 0 bridgehead atoms. The van der Waals surface area contributed by atoms with Crippen LogP contribution in [0.15, 0.2) is 29.2 Å². The number of nitrogens with one attached hydrogen (secondary N) is 1. The van der Waals surface area contributed by atoms with Crippen molar-refractivity contribution in [2.24, 2.45) is 0 Å². The number of hydrogen-bond donors (Lipinski definition) is 2. The Balaban J connectivity index is 1.88. The van der Waals surface area contributed by atoms with Crippen LogP contribution in [0.1, 0.15) is 16.4 Å². The number of rotatable bonds is 4. The van der Waals surface area contributed by atoms with Gasteiger partial charge < -0.3 is 14.9 Å². The van der Waals surface area contributed by atoms with Gasteiger partial charge in [0.15, 0.2) is 12.0 Å². The average molecular weight is 234 g/mol. The van der Waals surface area contributed by atoms with Gasteiger partial charge in [-0.05, 0) is 12.1 Å². The van der Waals surface area contributed by atoms with Gasteiger partial charge in [-0.2, -0.15) is 4.98 Å². The molecule has 2 aromatic rings. The molecule has 2 heterocycles. The summed E-state index contributed by atoms with van der Waals surface area (Å²) < 4.78 is 4.77. The van der Waals surface area contributed by atoms with Gasteiger partial charge in [-0.25, -0.2) is 4.98 Å². The minimum Gasteiger partial charge on any atom is -0.505 e. The minimum absolute atomic E-state index is 0.00182. The van der Waals surface area contributed by atoms with E-state index in [1.165, 1.54) is 18.6 Å². The van der Waals surface area contributed by atoms with Crippen LogP contribution in [0, 0.1) is 0 Å². The van der Waals surface area contributed by atoms with E-state index in [2.05, 4.69) is 20.4 Å². The lowest BCUT2D eigenvalue weighted by Gasteiger charge is -2.03. The first-order valence-corrected chi connectivity index (χ1v) is 4.95. The molecule has 7 heteroatoms. The molecule has 2 rings (SSSR count). The van der Waals surface area contributed by atoms with E-state index in [4.69, 9.17) is 4.52 Å². The van der Waals surface area contributed by atoms with E-state index in [9.17, 15) is 9.90 Å². The number of hydrogen-bond acceptors (Lipinski definition) is 6. The van der Waals surface area contributed by atoms with Crippen molar-refractivity contribution >= 4 is 5.91 Å². The Morgan fingerprint density at radius 3 is 3.06 bits per heavy atom. The van der Waals surface area contributed by atoms with Crippen LogP contribution in [0.5, 0.6) is 5.75 Å². The Morgan fingerprint density at radius 2 is 2.35 bits per heavy atom. The summed E-state index contributed by atoms with van der Waals surface area (Å²) in [5, 5.41) is 15.4. The first-order valence-electron chi connectivity index (χ1n) is 4.95. The van der Waals surface area contributed by atoms with Crippen LogP contribution in [0.4, 0.5) is 0 Å². The third-order valence-corrected chi connectivity index (χ3v) is 2.03. The number of carbonyl (C=O) groups excluding carboxylic acids is 1. The van der Waals surface area contributed by atoms with Crippen molar-refractivity contribution in [2.45, 2.75) is 6.42 Å². The SMILES string of the molecule is O=C(NCCc1ncno1)c1ncccc1O. The van der Waals surface area contributed by atoms with Gasteiger partial charge in [-0.1, -0.05) is 5.16 Å². The van der Waals surface area contributed by atoms with Crippen LogP contribution in [-0.2, 0) is 6.42 Å². The normalized spacial score (nSPS) is 10.1. The van der Waals surface area contributed by atoms with Gasteiger partial charge in [0.05, 0.1) is 0 Å². The topological polar surface area (TPSA) is 101 Å². The first kappa shape index (κ1) is 11.1. The van der Waals surface area contributed by atoms with E-state index in [1.54, 1.807) is 6.07 Å². The smallest absolute Gasteiger partial charge is 0.273 e. The fraction of sp³-hybridized carbons (Fsp3) is 0.200. The third-order valence-electron chi connectivity index (χ3n) is 2.03. The largest absolute Gasteiger partial charge is 0.505 e. The van der Waals surface area contributed by atoms with Crippen molar-refractivity contribution in [3.8, 4) is 5.75 Å². The van der Waals surface area contributed by atoms with Crippen LogP contribution >= 0.6 is 0 Å². The molecular formula is C10H10N4O3. The summed E-state index contributed by atoms with van der Waals surface area (Å²) in [5.41, 5.74) is -0.00182. The number of aromatic nitrogens is 3. The zero-order valence-corrected chi connectivity index (χ0v) is 8.83. The van der Waals surface area contributed by atoms with E-state index in [1.807, 2.05) is 0 Å². The monoisotopic (exact) mass is 234 g/mol. The molecule has 17 heavy (non-hydrogen) atoms. The summed E-state index contributed by atoms with van der Waals surface area (Å²) >= 11 is 0.